The molecule has 0 bridgehead atoms. The van der Waals surface area contributed by atoms with E-state index in [1.807, 2.05) is 18.2 Å². The molecule has 3 nitrogen and oxygen atoms in total. The number of hydrogen-bond acceptors (Lipinski definition) is 3. The first-order valence-corrected chi connectivity index (χ1v) is 7.70. The van der Waals surface area contributed by atoms with Crippen molar-refractivity contribution in [1.29, 1.82) is 0 Å². The van der Waals surface area contributed by atoms with Crippen molar-refractivity contribution >= 4 is 52.2 Å². The smallest absolute Gasteiger partial charge is 0.263 e. The van der Waals surface area contributed by atoms with Crippen LogP contribution in [0.3, 0.4) is 0 Å². The summed E-state index contributed by atoms with van der Waals surface area (Å²) in [7, 11) is 0. The van der Waals surface area contributed by atoms with Gasteiger partial charge in [-0.05, 0) is 42.5 Å². The van der Waals surface area contributed by atoms with Crippen LogP contribution in [0.15, 0.2) is 58.5 Å². The molecule has 0 aromatic heterocycles. The van der Waals surface area contributed by atoms with Crippen molar-refractivity contribution in [3.8, 4) is 0 Å². The summed E-state index contributed by atoms with van der Waals surface area (Å²) in [6.07, 6.45) is 1.67. The van der Waals surface area contributed by atoms with E-state index in [0.717, 1.165) is 16.3 Å². The Morgan fingerprint density at radius 3 is 2.52 bits per heavy atom. The third kappa shape index (κ3) is 3.35. The van der Waals surface area contributed by atoms with Crippen LogP contribution in [-0.4, -0.2) is 5.91 Å². The highest BCUT2D eigenvalue weighted by Crippen LogP contribution is 2.39. The maximum absolute atomic E-state index is 12.0. The van der Waals surface area contributed by atoms with Crippen molar-refractivity contribution in [1.82, 2.24) is 0 Å². The number of rotatable bonds is 2. The van der Waals surface area contributed by atoms with Crippen LogP contribution in [0.5, 0.6) is 0 Å². The Morgan fingerprint density at radius 1 is 1.05 bits per heavy atom. The van der Waals surface area contributed by atoms with Gasteiger partial charge in [0.25, 0.3) is 5.91 Å². The molecule has 2 aromatic carbocycles. The molecular weight excluding hydrogens is 327 g/mol. The quantitative estimate of drug-likeness (QED) is 0.759. The summed E-state index contributed by atoms with van der Waals surface area (Å²) in [6, 6.07) is 12.6. The summed E-state index contributed by atoms with van der Waals surface area (Å²) < 4.78 is 0. The summed E-state index contributed by atoms with van der Waals surface area (Å²) in [6.45, 7) is 0. The van der Waals surface area contributed by atoms with E-state index in [0.29, 0.717) is 15.0 Å². The molecule has 6 heteroatoms. The molecule has 0 spiro atoms. The lowest BCUT2D eigenvalue weighted by atomic mass is 10.3. The fourth-order valence-corrected chi connectivity index (χ4v) is 3.10. The molecule has 0 saturated carbocycles. The molecule has 0 fully saturated rings. The highest BCUT2D eigenvalue weighted by atomic mass is 35.5. The maximum atomic E-state index is 12.0. The monoisotopic (exact) mass is 336 g/mol. The first-order valence-electron chi connectivity index (χ1n) is 6.13. The molecule has 21 heavy (non-hydrogen) atoms. The zero-order valence-corrected chi connectivity index (χ0v) is 13.0. The van der Waals surface area contributed by atoms with Gasteiger partial charge in [-0.2, -0.15) is 0 Å². The SMILES string of the molecule is O=C1Nc2ccc(Cl)cc2SC1=CNc1ccc(Cl)cc1. The summed E-state index contributed by atoms with van der Waals surface area (Å²) in [5.74, 6) is -0.142. The van der Waals surface area contributed by atoms with Crippen LogP contribution in [0.1, 0.15) is 0 Å². The second-order valence-corrected chi connectivity index (χ2v) is 6.31. The van der Waals surface area contributed by atoms with Crippen molar-refractivity contribution in [2.45, 2.75) is 4.90 Å². The lowest BCUT2D eigenvalue weighted by molar-refractivity contribution is -0.112. The van der Waals surface area contributed by atoms with Gasteiger partial charge in [0.1, 0.15) is 0 Å². The topological polar surface area (TPSA) is 41.1 Å². The number of fused-ring (bicyclic) bond motifs is 1. The van der Waals surface area contributed by atoms with Gasteiger partial charge >= 0.3 is 0 Å². The molecule has 1 aliphatic heterocycles. The minimum atomic E-state index is -0.142. The maximum Gasteiger partial charge on any atom is 0.263 e. The van der Waals surface area contributed by atoms with Crippen LogP contribution in [0, 0.1) is 0 Å². The van der Waals surface area contributed by atoms with E-state index < -0.39 is 0 Å². The van der Waals surface area contributed by atoms with Gasteiger partial charge in [0.2, 0.25) is 0 Å². The van der Waals surface area contributed by atoms with Crippen molar-refractivity contribution in [2.75, 3.05) is 10.6 Å². The van der Waals surface area contributed by atoms with Crippen LogP contribution < -0.4 is 10.6 Å². The summed E-state index contributed by atoms with van der Waals surface area (Å²) in [5, 5.41) is 7.23. The van der Waals surface area contributed by atoms with Gasteiger partial charge in [0.15, 0.2) is 0 Å². The van der Waals surface area contributed by atoms with E-state index in [2.05, 4.69) is 10.6 Å². The Balaban J connectivity index is 1.81. The van der Waals surface area contributed by atoms with E-state index in [4.69, 9.17) is 23.2 Å². The molecule has 1 amide bonds. The largest absolute Gasteiger partial charge is 0.360 e. The number of amides is 1. The van der Waals surface area contributed by atoms with Crippen molar-refractivity contribution in [3.63, 3.8) is 0 Å². The van der Waals surface area contributed by atoms with Crippen molar-refractivity contribution in [2.24, 2.45) is 0 Å². The van der Waals surface area contributed by atoms with Gasteiger partial charge < -0.3 is 10.6 Å². The molecular formula is C15H10Cl2N2OS. The number of thioether (sulfide) groups is 1. The van der Waals surface area contributed by atoms with Crippen molar-refractivity contribution < 1.29 is 4.79 Å². The fourth-order valence-electron chi connectivity index (χ4n) is 1.82. The standard InChI is InChI=1S/C15H10Cl2N2OS/c16-9-1-4-11(5-2-9)18-8-14-15(20)19-12-6-3-10(17)7-13(12)21-14/h1-8,18H,(H,19,20). The Bertz CT molecular complexity index is 729. The average molecular weight is 337 g/mol. The molecule has 0 aliphatic carbocycles. The molecule has 0 atom stereocenters. The normalized spacial score (nSPS) is 15.5. The van der Waals surface area contributed by atoms with Crippen LogP contribution in [-0.2, 0) is 4.79 Å². The average Bonchev–Trinajstić information content (AvgIpc) is 2.47. The van der Waals surface area contributed by atoms with Crippen LogP contribution in [0.25, 0.3) is 0 Å². The number of hydrogen-bond donors (Lipinski definition) is 2. The number of nitrogens with one attached hydrogen (secondary N) is 2. The predicted molar refractivity (Wildman–Crippen MR) is 89.1 cm³/mol. The lowest BCUT2D eigenvalue weighted by Crippen LogP contribution is -2.18. The number of carbonyl (C=O) groups is 1. The molecule has 2 N–H and O–H groups in total. The van der Waals surface area contributed by atoms with Gasteiger partial charge in [-0.15, -0.1) is 0 Å². The fraction of sp³-hybridized carbons (Fsp3) is 0. The third-order valence-electron chi connectivity index (χ3n) is 2.85. The zero-order valence-electron chi connectivity index (χ0n) is 10.7. The van der Waals surface area contributed by atoms with Gasteiger partial charge in [-0.3, -0.25) is 4.79 Å². The molecule has 3 rings (SSSR count). The van der Waals surface area contributed by atoms with Gasteiger partial charge in [0, 0.05) is 26.8 Å². The summed E-state index contributed by atoms with van der Waals surface area (Å²) in [4.78, 5) is 13.5. The van der Waals surface area contributed by atoms with E-state index >= 15 is 0 Å². The minimum absolute atomic E-state index is 0.142. The number of halogens is 2. The Morgan fingerprint density at radius 2 is 1.76 bits per heavy atom. The molecule has 2 aromatic rings. The third-order valence-corrected chi connectivity index (χ3v) is 4.42. The molecule has 0 unspecified atom stereocenters. The van der Waals surface area contributed by atoms with E-state index in [1.165, 1.54) is 11.8 Å². The Labute approximate surface area is 136 Å². The van der Waals surface area contributed by atoms with Crippen LogP contribution >= 0.6 is 35.0 Å². The number of carbonyl (C=O) groups excluding carboxylic acids is 1. The molecule has 106 valence electrons. The molecule has 0 saturated heterocycles. The zero-order chi connectivity index (χ0) is 14.8. The first-order chi connectivity index (χ1) is 10.1. The second-order valence-electron chi connectivity index (χ2n) is 4.36. The first kappa shape index (κ1) is 14.3. The summed E-state index contributed by atoms with van der Waals surface area (Å²) >= 11 is 13.2. The Hall–Kier alpha value is -1.62. The predicted octanol–water partition coefficient (Wildman–Crippen LogP) is 4.99. The van der Waals surface area contributed by atoms with Crippen LogP contribution in [0.4, 0.5) is 11.4 Å². The van der Waals surface area contributed by atoms with E-state index in [1.54, 1.807) is 30.5 Å². The molecule has 1 aliphatic rings. The highest BCUT2D eigenvalue weighted by Gasteiger charge is 2.21. The van der Waals surface area contributed by atoms with Gasteiger partial charge in [0.05, 0.1) is 10.6 Å². The molecule has 1 heterocycles. The lowest BCUT2D eigenvalue weighted by Gasteiger charge is -2.18. The van der Waals surface area contributed by atoms with Crippen molar-refractivity contribution in [3.05, 3.63) is 63.6 Å². The number of anilines is 2. The highest BCUT2D eigenvalue weighted by molar-refractivity contribution is 8.04. The minimum Gasteiger partial charge on any atom is -0.360 e. The number of benzene rings is 2. The Kier molecular flexibility index (Phi) is 4.10. The summed E-state index contributed by atoms with van der Waals surface area (Å²) in [5.41, 5.74) is 1.63. The molecule has 0 radical (unpaired) electrons. The van der Waals surface area contributed by atoms with Gasteiger partial charge in [-0.25, -0.2) is 0 Å². The van der Waals surface area contributed by atoms with E-state index in [-0.39, 0.29) is 5.91 Å². The van der Waals surface area contributed by atoms with E-state index in [9.17, 15) is 4.79 Å². The van der Waals surface area contributed by atoms with Gasteiger partial charge in [-0.1, -0.05) is 35.0 Å². The second kappa shape index (κ2) is 6.02. The van der Waals surface area contributed by atoms with Crippen LogP contribution in [0.2, 0.25) is 10.0 Å².